The van der Waals surface area contributed by atoms with Gasteiger partial charge in [-0.25, -0.2) is 8.78 Å². The molecular formula is C19H12ClF2NO2. The smallest absolute Gasteiger partial charge is 0.261 e. The number of hydrogen-bond donors (Lipinski definition) is 1. The molecule has 25 heavy (non-hydrogen) atoms. The standard InChI is InChI=1S/C19H12ClF2NO2/c20-14-4-1-2-7-17(14)25-13-10-8-12(9-11-13)23-19(24)18-15(21)5-3-6-16(18)22/h1-11H,(H,23,24). The van der Waals surface area contributed by atoms with E-state index in [-0.39, 0.29) is 0 Å². The van der Waals surface area contributed by atoms with Crippen LogP contribution < -0.4 is 10.1 Å². The largest absolute Gasteiger partial charge is 0.456 e. The van der Waals surface area contributed by atoms with Crippen LogP contribution in [0.1, 0.15) is 10.4 Å². The van der Waals surface area contributed by atoms with Crippen LogP contribution in [0.25, 0.3) is 0 Å². The van der Waals surface area contributed by atoms with Gasteiger partial charge in [0.1, 0.15) is 28.7 Å². The first-order chi connectivity index (χ1) is 12.0. The fraction of sp³-hybridized carbons (Fsp3) is 0. The molecule has 3 nitrogen and oxygen atoms in total. The van der Waals surface area contributed by atoms with E-state index in [1.54, 1.807) is 48.5 Å². The molecule has 0 atom stereocenters. The van der Waals surface area contributed by atoms with E-state index in [2.05, 4.69) is 5.32 Å². The Morgan fingerprint density at radius 2 is 1.52 bits per heavy atom. The van der Waals surface area contributed by atoms with Crippen molar-refractivity contribution in [1.29, 1.82) is 0 Å². The zero-order chi connectivity index (χ0) is 17.8. The van der Waals surface area contributed by atoms with Gasteiger partial charge in [-0.3, -0.25) is 4.79 Å². The Morgan fingerprint density at radius 3 is 2.16 bits per heavy atom. The maximum absolute atomic E-state index is 13.6. The molecular weight excluding hydrogens is 348 g/mol. The molecule has 0 radical (unpaired) electrons. The number of amides is 1. The molecule has 0 unspecified atom stereocenters. The van der Waals surface area contributed by atoms with Crippen molar-refractivity contribution in [3.63, 3.8) is 0 Å². The van der Waals surface area contributed by atoms with Crippen LogP contribution in [0.2, 0.25) is 5.02 Å². The number of benzene rings is 3. The highest BCUT2D eigenvalue weighted by atomic mass is 35.5. The van der Waals surface area contributed by atoms with Gasteiger partial charge in [0.15, 0.2) is 0 Å². The molecule has 0 heterocycles. The van der Waals surface area contributed by atoms with E-state index >= 15 is 0 Å². The van der Waals surface area contributed by atoms with Gasteiger partial charge < -0.3 is 10.1 Å². The van der Waals surface area contributed by atoms with Crippen LogP contribution in [-0.4, -0.2) is 5.91 Å². The number of carbonyl (C=O) groups excluding carboxylic acids is 1. The number of nitrogens with one attached hydrogen (secondary N) is 1. The predicted molar refractivity (Wildman–Crippen MR) is 92.3 cm³/mol. The fourth-order valence-corrected chi connectivity index (χ4v) is 2.34. The van der Waals surface area contributed by atoms with Crippen molar-refractivity contribution < 1.29 is 18.3 Å². The van der Waals surface area contributed by atoms with Crippen molar-refractivity contribution in [1.82, 2.24) is 0 Å². The lowest BCUT2D eigenvalue weighted by molar-refractivity contribution is 0.101. The minimum absolute atomic E-state index is 0.374. The summed E-state index contributed by atoms with van der Waals surface area (Å²) in [5, 5.41) is 2.91. The minimum atomic E-state index is -0.920. The fourth-order valence-electron chi connectivity index (χ4n) is 2.17. The van der Waals surface area contributed by atoms with Crippen LogP contribution in [0, 0.1) is 11.6 Å². The van der Waals surface area contributed by atoms with Gasteiger partial charge >= 0.3 is 0 Å². The number of rotatable bonds is 4. The molecule has 0 aliphatic carbocycles. The molecule has 0 fully saturated rings. The first kappa shape index (κ1) is 16.9. The predicted octanol–water partition coefficient (Wildman–Crippen LogP) is 5.66. The van der Waals surface area contributed by atoms with Crippen molar-refractivity contribution in [2.45, 2.75) is 0 Å². The second-order valence-corrected chi connectivity index (χ2v) is 5.51. The molecule has 0 aliphatic heterocycles. The van der Waals surface area contributed by atoms with Gasteiger partial charge in [-0.1, -0.05) is 29.8 Å². The van der Waals surface area contributed by atoms with Crippen LogP contribution >= 0.6 is 11.6 Å². The first-order valence-corrected chi connectivity index (χ1v) is 7.70. The average molecular weight is 360 g/mol. The first-order valence-electron chi connectivity index (χ1n) is 7.32. The maximum Gasteiger partial charge on any atom is 0.261 e. The van der Waals surface area contributed by atoms with Crippen LogP contribution in [0.3, 0.4) is 0 Å². The summed E-state index contributed by atoms with van der Waals surface area (Å²) in [5.74, 6) is -1.71. The Hall–Kier alpha value is -2.92. The third kappa shape index (κ3) is 3.95. The third-order valence-electron chi connectivity index (χ3n) is 3.37. The summed E-state index contributed by atoms with van der Waals surface area (Å²) in [5.41, 5.74) is -0.252. The van der Waals surface area contributed by atoms with Crippen molar-refractivity contribution >= 4 is 23.2 Å². The molecule has 0 aromatic heterocycles. The van der Waals surface area contributed by atoms with Crippen molar-refractivity contribution in [2.75, 3.05) is 5.32 Å². The monoisotopic (exact) mass is 359 g/mol. The number of hydrogen-bond acceptors (Lipinski definition) is 2. The zero-order valence-electron chi connectivity index (χ0n) is 12.8. The molecule has 0 aliphatic rings. The molecule has 3 rings (SSSR count). The van der Waals surface area contributed by atoms with E-state index in [4.69, 9.17) is 16.3 Å². The highest BCUT2D eigenvalue weighted by Crippen LogP contribution is 2.29. The molecule has 6 heteroatoms. The van der Waals surface area contributed by atoms with Gasteiger partial charge in [-0.05, 0) is 48.5 Å². The van der Waals surface area contributed by atoms with Crippen molar-refractivity contribution in [3.8, 4) is 11.5 Å². The van der Waals surface area contributed by atoms with Crippen molar-refractivity contribution in [3.05, 3.63) is 89.0 Å². The third-order valence-corrected chi connectivity index (χ3v) is 3.68. The Kier molecular flexibility index (Phi) is 4.95. The highest BCUT2D eigenvalue weighted by molar-refractivity contribution is 6.32. The summed E-state index contributed by atoms with van der Waals surface area (Å²) < 4.78 is 32.9. The van der Waals surface area contributed by atoms with Gasteiger partial charge in [0.05, 0.1) is 5.02 Å². The van der Waals surface area contributed by atoms with Crippen LogP contribution in [0.15, 0.2) is 66.7 Å². The van der Waals surface area contributed by atoms with E-state index < -0.39 is 23.1 Å². The van der Waals surface area contributed by atoms with Crippen LogP contribution in [0.5, 0.6) is 11.5 Å². The molecule has 3 aromatic rings. The molecule has 0 bridgehead atoms. The van der Waals surface area contributed by atoms with Gasteiger partial charge in [0, 0.05) is 5.69 Å². The quantitative estimate of drug-likeness (QED) is 0.652. The van der Waals surface area contributed by atoms with Crippen LogP contribution in [-0.2, 0) is 0 Å². The van der Waals surface area contributed by atoms with Gasteiger partial charge in [-0.15, -0.1) is 0 Å². The molecule has 0 saturated carbocycles. The highest BCUT2D eigenvalue weighted by Gasteiger charge is 2.17. The lowest BCUT2D eigenvalue weighted by atomic mass is 10.1. The second-order valence-electron chi connectivity index (χ2n) is 5.11. The lowest BCUT2D eigenvalue weighted by Crippen LogP contribution is -2.15. The van der Waals surface area contributed by atoms with Gasteiger partial charge in [-0.2, -0.15) is 0 Å². The second kappa shape index (κ2) is 7.32. The number of halogens is 3. The van der Waals surface area contributed by atoms with E-state index in [0.29, 0.717) is 22.2 Å². The van der Waals surface area contributed by atoms with Crippen LogP contribution in [0.4, 0.5) is 14.5 Å². The molecule has 0 spiro atoms. The van der Waals surface area contributed by atoms with E-state index in [9.17, 15) is 13.6 Å². The number of para-hydroxylation sites is 1. The van der Waals surface area contributed by atoms with Crippen molar-refractivity contribution in [2.24, 2.45) is 0 Å². The summed E-state index contributed by atoms with van der Waals surface area (Å²) in [6, 6.07) is 16.6. The number of anilines is 1. The van der Waals surface area contributed by atoms with Gasteiger partial charge in [0.25, 0.3) is 5.91 Å². The summed E-state index contributed by atoms with van der Waals surface area (Å²) in [4.78, 5) is 12.0. The average Bonchev–Trinajstić information content (AvgIpc) is 2.58. The Labute approximate surface area is 147 Å². The summed E-state index contributed by atoms with van der Waals surface area (Å²) in [6.07, 6.45) is 0. The molecule has 1 amide bonds. The summed E-state index contributed by atoms with van der Waals surface area (Å²) in [6.45, 7) is 0. The Balaban J connectivity index is 1.73. The minimum Gasteiger partial charge on any atom is -0.456 e. The Bertz CT molecular complexity index is 893. The molecule has 3 aromatic carbocycles. The molecule has 0 saturated heterocycles. The van der Waals surface area contributed by atoms with E-state index in [1.807, 2.05) is 0 Å². The number of carbonyl (C=O) groups is 1. The lowest BCUT2D eigenvalue weighted by Gasteiger charge is -2.09. The van der Waals surface area contributed by atoms with Gasteiger partial charge in [0.2, 0.25) is 0 Å². The molecule has 1 N–H and O–H groups in total. The normalized spacial score (nSPS) is 10.4. The number of ether oxygens (including phenoxy) is 1. The maximum atomic E-state index is 13.6. The SMILES string of the molecule is O=C(Nc1ccc(Oc2ccccc2Cl)cc1)c1c(F)cccc1F. The topological polar surface area (TPSA) is 38.3 Å². The summed E-state index contributed by atoms with van der Waals surface area (Å²) >= 11 is 6.02. The Morgan fingerprint density at radius 1 is 0.880 bits per heavy atom. The van der Waals surface area contributed by atoms with E-state index in [0.717, 1.165) is 12.1 Å². The molecule has 126 valence electrons. The summed E-state index contributed by atoms with van der Waals surface area (Å²) in [7, 11) is 0. The zero-order valence-corrected chi connectivity index (χ0v) is 13.6. The van der Waals surface area contributed by atoms with E-state index in [1.165, 1.54) is 6.07 Å².